The van der Waals surface area contributed by atoms with Crippen molar-refractivity contribution in [2.75, 3.05) is 19.6 Å². The molecule has 2 heterocycles. The molecule has 3 atom stereocenters. The van der Waals surface area contributed by atoms with Gasteiger partial charge in [-0.3, -0.25) is 19.2 Å². The van der Waals surface area contributed by atoms with E-state index in [1.165, 1.54) is 4.90 Å². The minimum absolute atomic E-state index is 0.125. The maximum absolute atomic E-state index is 13.6. The number of esters is 1. The van der Waals surface area contributed by atoms with E-state index in [9.17, 15) is 19.2 Å². The van der Waals surface area contributed by atoms with Gasteiger partial charge in [-0.25, -0.2) is 0 Å². The molecule has 0 saturated carbocycles. The average Bonchev–Trinajstić information content (AvgIpc) is 3.64. The van der Waals surface area contributed by atoms with E-state index in [-0.39, 0.29) is 31.0 Å². The first-order chi connectivity index (χ1) is 18.0. The lowest BCUT2D eigenvalue weighted by molar-refractivity contribution is -0.146. The van der Waals surface area contributed by atoms with Gasteiger partial charge in [-0.05, 0) is 43.4 Å². The molecule has 2 aliphatic rings. The van der Waals surface area contributed by atoms with Gasteiger partial charge in [0.1, 0.15) is 25.2 Å². The first kappa shape index (κ1) is 26.3. The van der Waals surface area contributed by atoms with Crippen LogP contribution in [0.15, 0.2) is 60.7 Å². The van der Waals surface area contributed by atoms with Gasteiger partial charge < -0.3 is 25.6 Å². The largest absolute Gasteiger partial charge is 0.460 e. The molecule has 9 nitrogen and oxygen atoms in total. The van der Waals surface area contributed by atoms with Crippen molar-refractivity contribution in [3.05, 3.63) is 71.8 Å². The number of carbonyl (C=O) groups is 4. The number of carbonyl (C=O) groups excluding carboxylic acids is 4. The molecule has 196 valence electrons. The molecular weight excluding hydrogens is 472 g/mol. The van der Waals surface area contributed by atoms with Crippen LogP contribution in [0.1, 0.15) is 36.8 Å². The van der Waals surface area contributed by atoms with Gasteiger partial charge in [0.15, 0.2) is 0 Å². The monoisotopic (exact) mass is 506 g/mol. The molecule has 0 aliphatic carbocycles. The van der Waals surface area contributed by atoms with E-state index >= 15 is 0 Å². The van der Waals surface area contributed by atoms with Gasteiger partial charge in [0, 0.05) is 13.0 Å². The molecule has 3 N–H and O–H groups in total. The number of hydrogen-bond donors (Lipinski definition) is 3. The number of amides is 3. The van der Waals surface area contributed by atoms with Gasteiger partial charge >= 0.3 is 5.97 Å². The highest BCUT2D eigenvalue weighted by atomic mass is 16.5. The fraction of sp³-hybridized carbons (Fsp3) is 0.429. The van der Waals surface area contributed by atoms with Crippen LogP contribution in [-0.4, -0.2) is 66.4 Å². The second-order valence-corrected chi connectivity index (χ2v) is 9.45. The van der Waals surface area contributed by atoms with E-state index in [4.69, 9.17) is 4.74 Å². The summed E-state index contributed by atoms with van der Waals surface area (Å²) in [5, 5.41) is 8.71. The van der Waals surface area contributed by atoms with Gasteiger partial charge in [0.05, 0.1) is 6.04 Å². The molecule has 2 aliphatic heterocycles. The van der Waals surface area contributed by atoms with Crippen LogP contribution in [-0.2, 0) is 36.9 Å². The molecule has 2 aromatic carbocycles. The third-order valence-electron chi connectivity index (χ3n) is 6.76. The average molecular weight is 507 g/mol. The smallest absolute Gasteiger partial charge is 0.325 e. The summed E-state index contributed by atoms with van der Waals surface area (Å²) in [6.07, 6.45) is 3.13. The Balaban J connectivity index is 1.35. The van der Waals surface area contributed by atoms with E-state index in [1.807, 2.05) is 60.7 Å². The van der Waals surface area contributed by atoms with Crippen molar-refractivity contribution in [3.8, 4) is 0 Å². The van der Waals surface area contributed by atoms with E-state index in [1.54, 1.807) is 0 Å². The molecule has 0 bridgehead atoms. The molecule has 9 heteroatoms. The zero-order chi connectivity index (χ0) is 26.0. The molecule has 2 saturated heterocycles. The Bertz CT molecular complexity index is 1070. The molecule has 2 aromatic rings. The van der Waals surface area contributed by atoms with Crippen molar-refractivity contribution in [2.45, 2.75) is 56.8 Å². The van der Waals surface area contributed by atoms with Crippen molar-refractivity contribution in [1.29, 1.82) is 0 Å². The maximum atomic E-state index is 13.6. The molecule has 0 spiro atoms. The Kier molecular flexibility index (Phi) is 9.26. The van der Waals surface area contributed by atoms with Gasteiger partial charge in [-0.15, -0.1) is 0 Å². The first-order valence-electron chi connectivity index (χ1n) is 12.9. The summed E-state index contributed by atoms with van der Waals surface area (Å²) < 4.78 is 5.22. The highest BCUT2D eigenvalue weighted by molar-refractivity contribution is 5.94. The van der Waals surface area contributed by atoms with E-state index < -0.39 is 24.0 Å². The van der Waals surface area contributed by atoms with Crippen molar-refractivity contribution < 1.29 is 23.9 Å². The fourth-order valence-electron chi connectivity index (χ4n) is 4.80. The van der Waals surface area contributed by atoms with E-state index in [0.717, 1.165) is 30.5 Å². The molecule has 0 unspecified atom stereocenters. The number of nitrogens with one attached hydrogen (secondary N) is 3. The topological polar surface area (TPSA) is 117 Å². The standard InChI is InChI=1S/C28H34N4O5/c33-25(37-19-21-11-5-2-6-12-21)18-30-27(35)24-14-8-16-32(24)28(36)23(17-20-9-3-1-4-10-20)31-26(34)22-13-7-15-29-22/h1-6,9-12,22-24,29H,7-8,13-19H2,(H,30,35)(H,31,34)/t22-,23-,24-/m0/s1. The predicted octanol–water partition coefficient (Wildman–Crippen LogP) is 1.32. The summed E-state index contributed by atoms with van der Waals surface area (Å²) in [5.41, 5.74) is 1.77. The lowest BCUT2D eigenvalue weighted by atomic mass is 10.0. The van der Waals surface area contributed by atoms with Crippen LogP contribution in [0.4, 0.5) is 0 Å². The highest BCUT2D eigenvalue weighted by Crippen LogP contribution is 2.20. The molecule has 4 rings (SSSR count). The van der Waals surface area contributed by atoms with Gasteiger partial charge in [0.25, 0.3) is 0 Å². The number of benzene rings is 2. The van der Waals surface area contributed by atoms with Crippen LogP contribution in [0, 0.1) is 0 Å². The number of nitrogens with zero attached hydrogens (tertiary/aromatic N) is 1. The Hall–Kier alpha value is -3.72. The van der Waals surface area contributed by atoms with Crippen LogP contribution in [0.2, 0.25) is 0 Å². The number of hydrogen-bond acceptors (Lipinski definition) is 6. The minimum atomic E-state index is -0.790. The lowest BCUT2D eigenvalue weighted by Crippen LogP contribution is -2.56. The van der Waals surface area contributed by atoms with Crippen LogP contribution in [0.5, 0.6) is 0 Å². The second kappa shape index (κ2) is 13.0. The van der Waals surface area contributed by atoms with Crippen molar-refractivity contribution >= 4 is 23.7 Å². The predicted molar refractivity (Wildman–Crippen MR) is 137 cm³/mol. The highest BCUT2D eigenvalue weighted by Gasteiger charge is 2.38. The van der Waals surface area contributed by atoms with E-state index in [2.05, 4.69) is 16.0 Å². The Labute approximate surface area is 216 Å². The van der Waals surface area contributed by atoms with Crippen LogP contribution in [0.25, 0.3) is 0 Å². The Morgan fingerprint density at radius 2 is 1.62 bits per heavy atom. The van der Waals surface area contributed by atoms with Crippen LogP contribution in [0.3, 0.4) is 0 Å². The molecule has 2 fully saturated rings. The quantitative estimate of drug-likeness (QED) is 0.419. The van der Waals surface area contributed by atoms with Gasteiger partial charge in [0.2, 0.25) is 17.7 Å². The molecule has 0 radical (unpaired) electrons. The molecule has 0 aromatic heterocycles. The number of likely N-dealkylation sites (tertiary alicyclic amines) is 1. The minimum Gasteiger partial charge on any atom is -0.460 e. The summed E-state index contributed by atoms with van der Waals surface area (Å²) in [5.74, 6) is -1.44. The number of rotatable bonds is 10. The SMILES string of the molecule is O=C(CNC(=O)[C@@H]1CCCN1C(=O)[C@H](Cc1ccccc1)NC(=O)[C@@H]1CCCN1)OCc1ccccc1. The van der Waals surface area contributed by atoms with Gasteiger partial charge in [-0.1, -0.05) is 60.7 Å². The third-order valence-corrected chi connectivity index (χ3v) is 6.76. The summed E-state index contributed by atoms with van der Waals surface area (Å²) in [6.45, 7) is 1.04. The van der Waals surface area contributed by atoms with E-state index in [0.29, 0.717) is 25.8 Å². The zero-order valence-electron chi connectivity index (χ0n) is 20.9. The second-order valence-electron chi connectivity index (χ2n) is 9.45. The van der Waals surface area contributed by atoms with Crippen molar-refractivity contribution in [1.82, 2.24) is 20.9 Å². The van der Waals surface area contributed by atoms with Crippen LogP contribution >= 0.6 is 0 Å². The molecular formula is C28H34N4O5. The third kappa shape index (κ3) is 7.39. The van der Waals surface area contributed by atoms with Gasteiger partial charge in [-0.2, -0.15) is 0 Å². The van der Waals surface area contributed by atoms with Crippen LogP contribution < -0.4 is 16.0 Å². The molecule has 37 heavy (non-hydrogen) atoms. The maximum Gasteiger partial charge on any atom is 0.325 e. The first-order valence-corrected chi connectivity index (χ1v) is 12.9. The summed E-state index contributed by atoms with van der Waals surface area (Å²) >= 11 is 0. The normalized spacial score (nSPS) is 19.7. The summed E-state index contributed by atoms with van der Waals surface area (Å²) in [7, 11) is 0. The number of ether oxygens (including phenoxy) is 1. The zero-order valence-corrected chi connectivity index (χ0v) is 20.9. The Morgan fingerprint density at radius 1 is 0.919 bits per heavy atom. The summed E-state index contributed by atoms with van der Waals surface area (Å²) in [4.78, 5) is 53.1. The van der Waals surface area contributed by atoms with Crippen molar-refractivity contribution in [2.24, 2.45) is 0 Å². The fourth-order valence-corrected chi connectivity index (χ4v) is 4.80. The Morgan fingerprint density at radius 3 is 2.30 bits per heavy atom. The summed E-state index contributed by atoms with van der Waals surface area (Å²) in [6, 6.07) is 17.0. The van der Waals surface area contributed by atoms with Crippen molar-refractivity contribution in [3.63, 3.8) is 0 Å². The lowest BCUT2D eigenvalue weighted by Gasteiger charge is -2.29. The molecule has 3 amide bonds.